The second kappa shape index (κ2) is 7.41. The van der Waals surface area contributed by atoms with Crippen LogP contribution < -0.4 is 4.74 Å². The Balaban J connectivity index is 2.25. The molecule has 5 heteroatoms. The van der Waals surface area contributed by atoms with E-state index in [1.165, 1.54) is 12.3 Å². The van der Waals surface area contributed by atoms with E-state index in [0.29, 0.717) is 18.1 Å². The highest BCUT2D eigenvalue weighted by atomic mass is 16.5. The van der Waals surface area contributed by atoms with Gasteiger partial charge in [0.15, 0.2) is 17.5 Å². The van der Waals surface area contributed by atoms with Crippen LogP contribution in [0.15, 0.2) is 41.0 Å². The molecule has 0 amide bonds. The van der Waals surface area contributed by atoms with Crippen molar-refractivity contribution in [2.24, 2.45) is 5.92 Å². The van der Waals surface area contributed by atoms with Crippen molar-refractivity contribution in [1.82, 2.24) is 0 Å². The average Bonchev–Trinajstić information content (AvgIpc) is 2.99. The van der Waals surface area contributed by atoms with E-state index in [1.807, 2.05) is 6.92 Å². The molecule has 0 unspecified atom stereocenters. The summed E-state index contributed by atoms with van der Waals surface area (Å²) in [6.45, 7) is 4.13. The number of furan rings is 1. The normalized spacial score (nSPS) is 11.5. The Morgan fingerprint density at radius 2 is 2.09 bits per heavy atom. The predicted molar refractivity (Wildman–Crippen MR) is 83.4 cm³/mol. The van der Waals surface area contributed by atoms with Crippen molar-refractivity contribution >= 4 is 11.6 Å². The lowest BCUT2D eigenvalue weighted by molar-refractivity contribution is 0.0845. The van der Waals surface area contributed by atoms with Crippen LogP contribution >= 0.6 is 0 Å². The molecule has 5 nitrogen and oxygen atoms in total. The van der Waals surface area contributed by atoms with E-state index in [4.69, 9.17) is 9.15 Å². The van der Waals surface area contributed by atoms with E-state index < -0.39 is 17.5 Å². The van der Waals surface area contributed by atoms with Gasteiger partial charge in [-0.15, -0.1) is 0 Å². The van der Waals surface area contributed by atoms with Crippen molar-refractivity contribution in [3.05, 3.63) is 53.5 Å². The molecule has 0 saturated heterocycles. The van der Waals surface area contributed by atoms with E-state index in [2.05, 4.69) is 0 Å². The number of nitrogens with zero attached hydrogens (tertiary/aromatic N) is 1. The number of nitriles is 1. The van der Waals surface area contributed by atoms with Gasteiger partial charge in [0.25, 0.3) is 0 Å². The summed E-state index contributed by atoms with van der Waals surface area (Å²) < 4.78 is 10.5. The lowest BCUT2D eigenvalue weighted by Gasteiger charge is -2.09. The molecule has 1 aromatic heterocycles. The molecule has 2 aromatic rings. The Hall–Kier alpha value is -2.87. The van der Waals surface area contributed by atoms with E-state index >= 15 is 0 Å². The van der Waals surface area contributed by atoms with Gasteiger partial charge in [-0.25, -0.2) is 0 Å². The van der Waals surface area contributed by atoms with Gasteiger partial charge in [-0.1, -0.05) is 19.1 Å². The number of aryl methyl sites for hydroxylation is 1. The number of hydrogen-bond donors (Lipinski definition) is 0. The molecule has 0 aliphatic rings. The van der Waals surface area contributed by atoms with Crippen molar-refractivity contribution in [2.45, 2.75) is 20.3 Å². The number of carbonyl (C=O) groups is 2. The van der Waals surface area contributed by atoms with Gasteiger partial charge in [-0.2, -0.15) is 5.26 Å². The maximum Gasteiger partial charge on any atom is 0.191 e. The van der Waals surface area contributed by atoms with Gasteiger partial charge in [-0.05, 0) is 31.5 Å². The highest BCUT2D eigenvalue weighted by Gasteiger charge is 2.30. The first-order chi connectivity index (χ1) is 11.1. The lowest BCUT2D eigenvalue weighted by Crippen LogP contribution is -2.23. The first-order valence-electron chi connectivity index (χ1n) is 7.33. The summed E-state index contributed by atoms with van der Waals surface area (Å²) in [6, 6.07) is 9.79. The number of Topliss-reactive ketones (excluding diaryl/α,β-unsaturated/α-hetero) is 2. The standard InChI is InChI=1S/C18H17NO4/c1-3-8-23-14-6-4-5-13(10-14)17(20)16(11-19)18(21)15-7-9-22-12(15)2/h4-7,9-10,16H,3,8H2,1-2H3/t16-/m1/s1. The van der Waals surface area contributed by atoms with Crippen LogP contribution in [0.2, 0.25) is 0 Å². The highest BCUT2D eigenvalue weighted by molar-refractivity contribution is 6.18. The van der Waals surface area contributed by atoms with Crippen molar-refractivity contribution in [3.63, 3.8) is 0 Å². The van der Waals surface area contributed by atoms with E-state index in [9.17, 15) is 14.9 Å². The minimum atomic E-state index is -1.40. The Morgan fingerprint density at radius 3 is 2.70 bits per heavy atom. The molecular formula is C18H17NO4. The molecule has 0 N–H and O–H groups in total. The van der Waals surface area contributed by atoms with Gasteiger partial charge in [0.05, 0.1) is 24.5 Å². The summed E-state index contributed by atoms with van der Waals surface area (Å²) >= 11 is 0. The van der Waals surface area contributed by atoms with Crippen LogP contribution in [0, 0.1) is 24.2 Å². The molecule has 1 heterocycles. The van der Waals surface area contributed by atoms with Crippen LogP contribution in [0.25, 0.3) is 0 Å². The molecule has 1 aromatic carbocycles. The van der Waals surface area contributed by atoms with Gasteiger partial charge in [0.1, 0.15) is 11.5 Å². The van der Waals surface area contributed by atoms with Gasteiger partial charge >= 0.3 is 0 Å². The van der Waals surface area contributed by atoms with Crippen molar-refractivity contribution in [3.8, 4) is 11.8 Å². The van der Waals surface area contributed by atoms with Gasteiger partial charge < -0.3 is 9.15 Å². The SMILES string of the molecule is CCCOc1cccc(C(=O)[C@@H](C#N)C(=O)c2ccoc2C)c1. The number of rotatable bonds is 7. The third kappa shape index (κ3) is 3.67. The number of carbonyl (C=O) groups excluding carboxylic acids is 2. The quantitative estimate of drug-likeness (QED) is 0.576. The fourth-order valence-corrected chi connectivity index (χ4v) is 2.16. The number of benzene rings is 1. The van der Waals surface area contributed by atoms with Gasteiger partial charge in [0.2, 0.25) is 0 Å². The molecule has 23 heavy (non-hydrogen) atoms. The Kier molecular flexibility index (Phi) is 5.32. The lowest BCUT2D eigenvalue weighted by atomic mass is 9.91. The number of hydrogen-bond acceptors (Lipinski definition) is 5. The fraction of sp³-hybridized carbons (Fsp3) is 0.278. The monoisotopic (exact) mass is 311 g/mol. The molecule has 0 saturated carbocycles. The first kappa shape index (κ1) is 16.5. The largest absolute Gasteiger partial charge is 0.494 e. The van der Waals surface area contributed by atoms with E-state index in [-0.39, 0.29) is 11.1 Å². The summed E-state index contributed by atoms with van der Waals surface area (Å²) in [4.78, 5) is 24.9. The molecule has 0 spiro atoms. The second-order valence-corrected chi connectivity index (χ2v) is 5.06. The Morgan fingerprint density at radius 1 is 1.30 bits per heavy atom. The zero-order chi connectivity index (χ0) is 16.8. The van der Waals surface area contributed by atoms with Crippen molar-refractivity contribution < 1.29 is 18.7 Å². The summed E-state index contributed by atoms with van der Waals surface area (Å²) in [5.41, 5.74) is 0.530. The zero-order valence-electron chi connectivity index (χ0n) is 13.0. The minimum absolute atomic E-state index is 0.253. The molecule has 0 radical (unpaired) electrons. The minimum Gasteiger partial charge on any atom is -0.494 e. The third-order valence-corrected chi connectivity index (χ3v) is 3.37. The maximum atomic E-state index is 12.5. The summed E-state index contributed by atoms with van der Waals surface area (Å²) in [5.74, 6) is -1.55. The van der Waals surface area contributed by atoms with Crippen LogP contribution in [0.5, 0.6) is 5.75 Å². The molecule has 0 fully saturated rings. The van der Waals surface area contributed by atoms with Crippen molar-refractivity contribution in [1.29, 1.82) is 5.26 Å². The molecule has 0 aliphatic carbocycles. The highest BCUT2D eigenvalue weighted by Crippen LogP contribution is 2.21. The molecule has 118 valence electrons. The topological polar surface area (TPSA) is 80.3 Å². The number of ether oxygens (including phenoxy) is 1. The van der Waals surface area contributed by atoms with Gasteiger partial charge in [-0.3, -0.25) is 9.59 Å². The smallest absolute Gasteiger partial charge is 0.191 e. The summed E-state index contributed by atoms with van der Waals surface area (Å²) in [6.07, 6.45) is 2.21. The van der Waals surface area contributed by atoms with Crippen LogP contribution in [-0.2, 0) is 0 Å². The van der Waals surface area contributed by atoms with Gasteiger partial charge in [0, 0.05) is 5.56 Å². The first-order valence-corrected chi connectivity index (χ1v) is 7.33. The third-order valence-electron chi connectivity index (χ3n) is 3.37. The summed E-state index contributed by atoms with van der Waals surface area (Å²) in [5, 5.41) is 9.28. The fourth-order valence-electron chi connectivity index (χ4n) is 2.16. The molecular weight excluding hydrogens is 294 g/mol. The van der Waals surface area contributed by atoms with Crippen LogP contribution in [0.3, 0.4) is 0 Å². The Labute approximate surface area is 134 Å². The van der Waals surface area contributed by atoms with E-state index in [1.54, 1.807) is 37.3 Å². The van der Waals surface area contributed by atoms with Crippen LogP contribution in [-0.4, -0.2) is 18.2 Å². The zero-order valence-corrected chi connectivity index (χ0v) is 13.0. The van der Waals surface area contributed by atoms with Crippen LogP contribution in [0.4, 0.5) is 0 Å². The molecule has 1 atom stereocenters. The molecule has 0 aliphatic heterocycles. The van der Waals surface area contributed by atoms with Crippen molar-refractivity contribution in [2.75, 3.05) is 6.61 Å². The molecule has 2 rings (SSSR count). The Bertz CT molecular complexity index is 754. The summed E-state index contributed by atoms with van der Waals surface area (Å²) in [7, 11) is 0. The maximum absolute atomic E-state index is 12.5. The number of ketones is 2. The predicted octanol–water partition coefficient (Wildman–Crippen LogP) is 3.58. The van der Waals surface area contributed by atoms with E-state index in [0.717, 1.165) is 6.42 Å². The van der Waals surface area contributed by atoms with Crippen LogP contribution in [0.1, 0.15) is 39.8 Å². The average molecular weight is 311 g/mol. The molecule has 0 bridgehead atoms. The second-order valence-electron chi connectivity index (χ2n) is 5.06.